The third kappa shape index (κ3) is 4.09. The summed E-state index contributed by atoms with van der Waals surface area (Å²) in [7, 11) is 1.35. The van der Waals surface area contributed by atoms with E-state index in [1.807, 2.05) is 30.4 Å². The van der Waals surface area contributed by atoms with Crippen LogP contribution in [-0.4, -0.2) is 23.3 Å². The maximum atomic E-state index is 11.9. The summed E-state index contributed by atoms with van der Waals surface area (Å²) < 4.78 is 4.80. The molecule has 28 heavy (non-hydrogen) atoms. The van der Waals surface area contributed by atoms with Crippen LogP contribution in [-0.2, 0) is 11.2 Å². The Morgan fingerprint density at radius 3 is 2.86 bits per heavy atom. The van der Waals surface area contributed by atoms with Crippen molar-refractivity contribution in [2.75, 3.05) is 7.11 Å². The van der Waals surface area contributed by atoms with Crippen molar-refractivity contribution in [3.8, 4) is 0 Å². The number of aromatic nitrogens is 1. The van der Waals surface area contributed by atoms with Crippen LogP contribution in [0.3, 0.4) is 0 Å². The second-order valence-electron chi connectivity index (χ2n) is 7.44. The standard InChI is InChI=1S/C23H28N2O3/c1-4-23(13-14-23)16(2)19(18-10-6-5-7-11-20(18)25-27)15-17-9-8-12-21(24-17)22(26)28-3/h5,7-12,19,25,27H,2,4,6,13-15H2,1,3H3. The molecule has 5 heteroatoms. The number of methoxy groups -OCH3 is 1. The van der Waals surface area contributed by atoms with E-state index in [9.17, 15) is 10.0 Å². The molecular weight excluding hydrogens is 352 g/mol. The van der Waals surface area contributed by atoms with Gasteiger partial charge >= 0.3 is 5.97 Å². The molecule has 0 spiro atoms. The third-order valence-corrected chi connectivity index (χ3v) is 5.93. The highest BCUT2D eigenvalue weighted by Crippen LogP contribution is 2.57. The number of rotatable bonds is 8. The average molecular weight is 380 g/mol. The molecule has 0 radical (unpaired) electrons. The predicted octanol–water partition coefficient (Wildman–Crippen LogP) is 4.52. The number of ether oxygens (including phenoxy) is 1. The number of hydrogen-bond acceptors (Lipinski definition) is 5. The summed E-state index contributed by atoms with van der Waals surface area (Å²) in [5.74, 6) is -0.450. The SMILES string of the molecule is C=C(C(Cc1cccc(C(=O)OC)n1)C1=CCC=CC=C1NO)C1(CC)CC1. The summed E-state index contributed by atoms with van der Waals surface area (Å²) in [5.41, 5.74) is 6.48. The number of hydroxylamine groups is 1. The fraction of sp³-hybridized carbons (Fsp3) is 0.391. The highest BCUT2D eigenvalue weighted by atomic mass is 16.5. The Balaban J connectivity index is 1.97. The van der Waals surface area contributed by atoms with Crippen LogP contribution in [0.2, 0.25) is 0 Å². The highest BCUT2D eigenvalue weighted by Gasteiger charge is 2.46. The van der Waals surface area contributed by atoms with Crippen LogP contribution in [0.25, 0.3) is 0 Å². The van der Waals surface area contributed by atoms with E-state index in [2.05, 4.69) is 30.0 Å². The molecule has 5 nitrogen and oxygen atoms in total. The Morgan fingerprint density at radius 1 is 1.43 bits per heavy atom. The van der Waals surface area contributed by atoms with Crippen LogP contribution in [0.4, 0.5) is 0 Å². The molecule has 148 valence electrons. The van der Waals surface area contributed by atoms with Crippen LogP contribution in [0.1, 0.15) is 48.8 Å². The third-order valence-electron chi connectivity index (χ3n) is 5.93. The number of esters is 1. The van der Waals surface area contributed by atoms with E-state index in [4.69, 9.17) is 4.74 Å². The number of nitrogens with zero attached hydrogens (tertiary/aromatic N) is 1. The van der Waals surface area contributed by atoms with Gasteiger partial charge in [-0.05, 0) is 54.9 Å². The summed E-state index contributed by atoms with van der Waals surface area (Å²) >= 11 is 0. The summed E-state index contributed by atoms with van der Waals surface area (Å²) in [6.07, 6.45) is 12.7. The summed E-state index contributed by atoms with van der Waals surface area (Å²) in [4.78, 5) is 16.4. The van der Waals surface area contributed by atoms with Crippen LogP contribution < -0.4 is 5.48 Å². The Bertz CT molecular complexity index is 847. The zero-order valence-corrected chi connectivity index (χ0v) is 16.6. The molecule has 0 amide bonds. The normalized spacial score (nSPS) is 18.4. The molecule has 1 heterocycles. The van der Waals surface area contributed by atoms with E-state index in [1.54, 1.807) is 6.07 Å². The van der Waals surface area contributed by atoms with Crippen molar-refractivity contribution in [1.82, 2.24) is 10.5 Å². The molecule has 2 N–H and O–H groups in total. The molecule has 2 aliphatic carbocycles. The van der Waals surface area contributed by atoms with Gasteiger partial charge in [-0.1, -0.05) is 43.4 Å². The molecule has 0 aliphatic heterocycles. The van der Waals surface area contributed by atoms with Gasteiger partial charge in [0.15, 0.2) is 0 Å². The van der Waals surface area contributed by atoms with Gasteiger partial charge in [-0.3, -0.25) is 10.7 Å². The fourth-order valence-electron chi connectivity index (χ4n) is 3.94. The molecule has 0 saturated heterocycles. The molecule has 0 aromatic carbocycles. The molecule has 1 aromatic heterocycles. The van der Waals surface area contributed by atoms with Crippen LogP contribution >= 0.6 is 0 Å². The van der Waals surface area contributed by atoms with Gasteiger partial charge in [-0.25, -0.2) is 9.78 Å². The average Bonchev–Trinajstić information content (AvgIpc) is 3.55. The van der Waals surface area contributed by atoms with Crippen LogP contribution in [0.15, 0.2) is 65.9 Å². The first-order valence-electron chi connectivity index (χ1n) is 9.75. The number of pyridine rings is 1. The van der Waals surface area contributed by atoms with Crippen molar-refractivity contribution in [2.24, 2.45) is 11.3 Å². The van der Waals surface area contributed by atoms with Gasteiger partial charge in [0.1, 0.15) is 5.69 Å². The topological polar surface area (TPSA) is 71.5 Å². The maximum Gasteiger partial charge on any atom is 0.356 e. The minimum Gasteiger partial charge on any atom is -0.464 e. The van der Waals surface area contributed by atoms with E-state index in [0.717, 1.165) is 37.0 Å². The van der Waals surface area contributed by atoms with Gasteiger partial charge in [-0.15, -0.1) is 0 Å². The predicted molar refractivity (Wildman–Crippen MR) is 109 cm³/mol. The second kappa shape index (κ2) is 8.57. The Kier molecular flexibility index (Phi) is 6.15. The van der Waals surface area contributed by atoms with E-state index in [0.29, 0.717) is 17.8 Å². The molecule has 1 unspecified atom stereocenters. The zero-order valence-electron chi connectivity index (χ0n) is 16.6. The molecule has 1 saturated carbocycles. The van der Waals surface area contributed by atoms with Gasteiger partial charge in [0, 0.05) is 18.0 Å². The smallest absolute Gasteiger partial charge is 0.356 e. The van der Waals surface area contributed by atoms with Gasteiger partial charge in [-0.2, -0.15) is 0 Å². The Hall–Kier alpha value is -2.66. The number of hydrogen-bond donors (Lipinski definition) is 2. The number of carbonyl (C=O) groups is 1. The minimum absolute atomic E-state index is 0.00588. The van der Waals surface area contributed by atoms with Crippen molar-refractivity contribution in [1.29, 1.82) is 0 Å². The number of nitrogens with one attached hydrogen (secondary N) is 1. The Labute approximate surface area is 166 Å². The fourth-order valence-corrected chi connectivity index (χ4v) is 3.94. The van der Waals surface area contributed by atoms with E-state index >= 15 is 0 Å². The first kappa shape index (κ1) is 20.1. The van der Waals surface area contributed by atoms with Crippen molar-refractivity contribution in [2.45, 2.75) is 39.0 Å². The Morgan fingerprint density at radius 2 is 2.21 bits per heavy atom. The lowest BCUT2D eigenvalue weighted by atomic mass is 9.77. The molecule has 1 atom stereocenters. The first-order chi connectivity index (χ1) is 13.5. The number of carbonyl (C=O) groups excluding carboxylic acids is 1. The quantitative estimate of drug-likeness (QED) is 0.394. The summed E-state index contributed by atoms with van der Waals surface area (Å²) in [6, 6.07) is 5.40. The van der Waals surface area contributed by atoms with E-state index < -0.39 is 5.97 Å². The second-order valence-corrected chi connectivity index (χ2v) is 7.44. The monoisotopic (exact) mass is 380 g/mol. The molecular formula is C23H28N2O3. The van der Waals surface area contributed by atoms with Crippen molar-refractivity contribution in [3.63, 3.8) is 0 Å². The van der Waals surface area contributed by atoms with Gasteiger partial charge in [0.2, 0.25) is 0 Å². The van der Waals surface area contributed by atoms with Crippen molar-refractivity contribution >= 4 is 5.97 Å². The first-order valence-corrected chi connectivity index (χ1v) is 9.75. The van der Waals surface area contributed by atoms with E-state index in [1.165, 1.54) is 12.7 Å². The van der Waals surface area contributed by atoms with E-state index in [-0.39, 0.29) is 11.3 Å². The van der Waals surface area contributed by atoms with Crippen molar-refractivity contribution < 1.29 is 14.7 Å². The lowest BCUT2D eigenvalue weighted by molar-refractivity contribution is 0.0593. The molecule has 1 fully saturated rings. The van der Waals surface area contributed by atoms with Gasteiger partial charge in [0.05, 0.1) is 12.8 Å². The molecule has 2 aliphatic rings. The molecule has 3 rings (SSSR count). The number of allylic oxidation sites excluding steroid dienone is 6. The minimum atomic E-state index is -0.445. The van der Waals surface area contributed by atoms with Crippen LogP contribution in [0, 0.1) is 11.3 Å². The lowest BCUT2D eigenvalue weighted by Crippen LogP contribution is -2.23. The largest absolute Gasteiger partial charge is 0.464 e. The van der Waals surface area contributed by atoms with Crippen LogP contribution in [0.5, 0.6) is 0 Å². The maximum absolute atomic E-state index is 11.9. The van der Waals surface area contributed by atoms with Gasteiger partial charge in [0.25, 0.3) is 0 Å². The zero-order chi connectivity index (χ0) is 20.1. The lowest BCUT2D eigenvalue weighted by Gasteiger charge is -2.29. The summed E-state index contributed by atoms with van der Waals surface area (Å²) in [5, 5.41) is 9.71. The molecule has 0 bridgehead atoms. The van der Waals surface area contributed by atoms with Crippen molar-refractivity contribution in [3.05, 3.63) is 77.3 Å². The summed E-state index contributed by atoms with van der Waals surface area (Å²) in [6.45, 7) is 6.69. The van der Waals surface area contributed by atoms with Gasteiger partial charge < -0.3 is 4.74 Å². The highest BCUT2D eigenvalue weighted by molar-refractivity contribution is 5.87. The molecule has 1 aromatic rings.